The predicted octanol–water partition coefficient (Wildman–Crippen LogP) is 4.53. The summed E-state index contributed by atoms with van der Waals surface area (Å²) in [6, 6.07) is 21.6. The average molecular weight is 316 g/mol. The monoisotopic (exact) mass is 316 g/mol. The van der Waals surface area contributed by atoms with Crippen LogP contribution in [-0.4, -0.2) is 10.5 Å². The fourth-order valence-electron chi connectivity index (χ4n) is 2.84. The molecular weight excluding hydrogens is 300 g/mol. The van der Waals surface area contributed by atoms with Crippen LogP contribution >= 0.6 is 0 Å². The maximum atomic E-state index is 12.2. The lowest BCUT2D eigenvalue weighted by molar-refractivity contribution is 0.0997. The number of amides is 1. The molecule has 0 aliphatic carbocycles. The van der Waals surface area contributed by atoms with Crippen molar-refractivity contribution < 1.29 is 9.21 Å². The number of nitrogens with one attached hydrogen (secondary N) is 1. The predicted molar refractivity (Wildman–Crippen MR) is 94.1 cm³/mol. The molecule has 0 aliphatic heterocycles. The molecule has 4 rings (SSSR count). The molecular formula is C20H16N2O2. The Bertz CT molecular complexity index is 969. The van der Waals surface area contributed by atoms with Crippen molar-refractivity contribution in [2.24, 2.45) is 0 Å². The molecule has 0 saturated carbocycles. The molecule has 4 aromatic rings. The van der Waals surface area contributed by atoms with Gasteiger partial charge < -0.3 is 14.3 Å². The summed E-state index contributed by atoms with van der Waals surface area (Å²) in [6.07, 6.45) is 3.53. The largest absolute Gasteiger partial charge is 0.459 e. The van der Waals surface area contributed by atoms with E-state index in [4.69, 9.17) is 4.42 Å². The lowest BCUT2D eigenvalue weighted by Crippen LogP contribution is -2.11. The quantitative estimate of drug-likeness (QED) is 0.601. The average Bonchev–Trinajstić information content (AvgIpc) is 3.27. The molecule has 0 bridgehead atoms. The number of furan rings is 1. The molecule has 0 atom stereocenters. The third-order valence-electron chi connectivity index (χ3n) is 4.00. The van der Waals surface area contributed by atoms with Gasteiger partial charge in [-0.2, -0.15) is 0 Å². The molecule has 2 heterocycles. The Hall–Kier alpha value is -3.27. The first kappa shape index (κ1) is 14.3. The standard InChI is InChI=1S/C20H16N2O2/c23-20(19-10-5-13-24-19)21-17-8-4-9-18-16(17)11-12-22(18)14-15-6-2-1-3-7-15/h1-13H,14H2,(H,21,23). The van der Waals surface area contributed by atoms with E-state index in [2.05, 4.69) is 28.1 Å². The van der Waals surface area contributed by atoms with Crippen molar-refractivity contribution in [2.75, 3.05) is 5.32 Å². The van der Waals surface area contributed by atoms with E-state index in [1.165, 1.54) is 11.8 Å². The van der Waals surface area contributed by atoms with Gasteiger partial charge in [0.25, 0.3) is 5.91 Å². The molecule has 4 nitrogen and oxygen atoms in total. The van der Waals surface area contributed by atoms with Gasteiger partial charge in [0, 0.05) is 18.1 Å². The zero-order valence-corrected chi connectivity index (χ0v) is 13.0. The minimum absolute atomic E-state index is 0.247. The summed E-state index contributed by atoms with van der Waals surface area (Å²) in [4.78, 5) is 12.2. The third kappa shape index (κ3) is 2.70. The number of benzene rings is 2. The minimum atomic E-state index is -0.247. The van der Waals surface area contributed by atoms with Crippen LogP contribution in [0.3, 0.4) is 0 Å². The molecule has 0 spiro atoms. The van der Waals surface area contributed by atoms with Crippen LogP contribution in [-0.2, 0) is 6.54 Å². The van der Waals surface area contributed by atoms with Crippen molar-refractivity contribution in [3.05, 3.63) is 90.5 Å². The second-order valence-corrected chi connectivity index (χ2v) is 5.60. The smallest absolute Gasteiger partial charge is 0.291 e. The molecule has 1 amide bonds. The van der Waals surface area contributed by atoms with Crippen LogP contribution in [0.1, 0.15) is 16.1 Å². The highest BCUT2D eigenvalue weighted by atomic mass is 16.3. The summed E-state index contributed by atoms with van der Waals surface area (Å²) in [7, 11) is 0. The van der Waals surface area contributed by atoms with E-state index in [9.17, 15) is 4.79 Å². The van der Waals surface area contributed by atoms with Gasteiger partial charge in [-0.05, 0) is 35.9 Å². The van der Waals surface area contributed by atoms with E-state index >= 15 is 0 Å². The molecule has 4 heteroatoms. The van der Waals surface area contributed by atoms with E-state index in [-0.39, 0.29) is 5.91 Å². The van der Waals surface area contributed by atoms with E-state index in [1.54, 1.807) is 12.1 Å². The third-order valence-corrected chi connectivity index (χ3v) is 4.00. The SMILES string of the molecule is O=C(Nc1cccc2c1ccn2Cc1ccccc1)c1ccco1. The number of fused-ring (bicyclic) bond motifs is 1. The van der Waals surface area contributed by atoms with Gasteiger partial charge in [-0.1, -0.05) is 36.4 Å². The number of hydrogen-bond donors (Lipinski definition) is 1. The second kappa shape index (κ2) is 6.08. The van der Waals surface area contributed by atoms with Gasteiger partial charge in [-0.25, -0.2) is 0 Å². The summed E-state index contributed by atoms with van der Waals surface area (Å²) < 4.78 is 7.32. The summed E-state index contributed by atoms with van der Waals surface area (Å²) in [5, 5.41) is 3.93. The molecule has 0 saturated heterocycles. The molecule has 0 unspecified atom stereocenters. The fourth-order valence-corrected chi connectivity index (χ4v) is 2.84. The molecule has 2 aromatic carbocycles. The highest BCUT2D eigenvalue weighted by Gasteiger charge is 2.12. The van der Waals surface area contributed by atoms with E-state index in [0.717, 1.165) is 23.1 Å². The Morgan fingerprint density at radius 2 is 1.83 bits per heavy atom. The van der Waals surface area contributed by atoms with Crippen LogP contribution < -0.4 is 5.32 Å². The second-order valence-electron chi connectivity index (χ2n) is 5.60. The van der Waals surface area contributed by atoms with Crippen LogP contribution in [0.15, 0.2) is 83.6 Å². The van der Waals surface area contributed by atoms with Crippen LogP contribution in [0, 0.1) is 0 Å². The normalized spacial score (nSPS) is 10.8. The Morgan fingerprint density at radius 1 is 0.958 bits per heavy atom. The van der Waals surface area contributed by atoms with Crippen molar-refractivity contribution in [1.82, 2.24) is 4.57 Å². The van der Waals surface area contributed by atoms with Crippen molar-refractivity contribution in [1.29, 1.82) is 0 Å². The number of anilines is 1. The molecule has 0 radical (unpaired) electrons. The van der Waals surface area contributed by atoms with E-state index in [0.29, 0.717) is 5.76 Å². The first-order valence-corrected chi connectivity index (χ1v) is 7.78. The van der Waals surface area contributed by atoms with Crippen LogP contribution in [0.4, 0.5) is 5.69 Å². The van der Waals surface area contributed by atoms with Gasteiger partial charge >= 0.3 is 0 Å². The molecule has 0 aliphatic rings. The minimum Gasteiger partial charge on any atom is -0.459 e. The van der Waals surface area contributed by atoms with Crippen molar-refractivity contribution >= 4 is 22.5 Å². The zero-order valence-electron chi connectivity index (χ0n) is 13.0. The molecule has 118 valence electrons. The number of carbonyl (C=O) groups excluding carboxylic acids is 1. The summed E-state index contributed by atoms with van der Waals surface area (Å²) >= 11 is 0. The van der Waals surface area contributed by atoms with Gasteiger partial charge in [0.05, 0.1) is 17.5 Å². The molecule has 1 N–H and O–H groups in total. The van der Waals surface area contributed by atoms with Crippen molar-refractivity contribution in [3.8, 4) is 0 Å². The van der Waals surface area contributed by atoms with Gasteiger partial charge in [0.15, 0.2) is 5.76 Å². The Kier molecular flexibility index (Phi) is 3.63. The fraction of sp³-hybridized carbons (Fsp3) is 0.0500. The lowest BCUT2D eigenvalue weighted by atomic mass is 10.2. The van der Waals surface area contributed by atoms with Crippen LogP contribution in [0.25, 0.3) is 10.9 Å². The first-order chi connectivity index (χ1) is 11.8. The Labute approximate surface area is 139 Å². The van der Waals surface area contributed by atoms with Crippen LogP contribution in [0.5, 0.6) is 0 Å². The van der Waals surface area contributed by atoms with Gasteiger partial charge in [-0.15, -0.1) is 0 Å². The summed E-state index contributed by atoms with van der Waals surface area (Å²) in [5.41, 5.74) is 3.09. The zero-order chi connectivity index (χ0) is 16.4. The molecule has 24 heavy (non-hydrogen) atoms. The number of rotatable bonds is 4. The molecule has 2 aromatic heterocycles. The summed E-state index contributed by atoms with van der Waals surface area (Å²) in [6.45, 7) is 0.792. The van der Waals surface area contributed by atoms with Crippen molar-refractivity contribution in [3.63, 3.8) is 0 Å². The molecule has 0 fully saturated rings. The first-order valence-electron chi connectivity index (χ1n) is 7.78. The van der Waals surface area contributed by atoms with Crippen molar-refractivity contribution in [2.45, 2.75) is 6.54 Å². The van der Waals surface area contributed by atoms with E-state index < -0.39 is 0 Å². The highest BCUT2D eigenvalue weighted by molar-refractivity contribution is 6.07. The van der Waals surface area contributed by atoms with E-state index in [1.807, 2.05) is 42.6 Å². The topological polar surface area (TPSA) is 47.2 Å². The summed E-state index contributed by atoms with van der Waals surface area (Å²) in [5.74, 6) is 0.0547. The number of nitrogens with zero attached hydrogens (tertiary/aromatic N) is 1. The Morgan fingerprint density at radius 3 is 2.62 bits per heavy atom. The number of hydrogen-bond acceptors (Lipinski definition) is 2. The highest BCUT2D eigenvalue weighted by Crippen LogP contribution is 2.25. The van der Waals surface area contributed by atoms with Crippen LogP contribution in [0.2, 0.25) is 0 Å². The number of aromatic nitrogens is 1. The maximum Gasteiger partial charge on any atom is 0.291 e. The lowest BCUT2D eigenvalue weighted by Gasteiger charge is -2.08. The Balaban J connectivity index is 1.65. The maximum absolute atomic E-state index is 12.2. The van der Waals surface area contributed by atoms with Gasteiger partial charge in [0.2, 0.25) is 0 Å². The number of carbonyl (C=O) groups is 1. The van der Waals surface area contributed by atoms with Gasteiger partial charge in [-0.3, -0.25) is 4.79 Å². The van der Waals surface area contributed by atoms with Gasteiger partial charge in [0.1, 0.15) is 0 Å².